The van der Waals surface area contributed by atoms with Gasteiger partial charge in [-0.2, -0.15) is 0 Å². The van der Waals surface area contributed by atoms with Gasteiger partial charge in [-0.1, -0.05) is 36.4 Å². The lowest BCUT2D eigenvalue weighted by atomic mass is 9.92. The van der Waals surface area contributed by atoms with Crippen LogP contribution in [0.3, 0.4) is 0 Å². The van der Waals surface area contributed by atoms with E-state index in [1.165, 1.54) is 6.92 Å². The van der Waals surface area contributed by atoms with Crippen molar-refractivity contribution in [3.8, 4) is 5.75 Å². The van der Waals surface area contributed by atoms with Gasteiger partial charge in [0.25, 0.3) is 0 Å². The fraction of sp³-hybridized carbons (Fsp3) is 0.440. The summed E-state index contributed by atoms with van der Waals surface area (Å²) in [5.41, 5.74) is 2.54. The highest BCUT2D eigenvalue weighted by atomic mass is 16.5. The largest absolute Gasteiger partial charge is 0.489 e. The second kappa shape index (κ2) is 10.1. The summed E-state index contributed by atoms with van der Waals surface area (Å²) in [6.07, 6.45) is -0.215. The normalized spacial score (nSPS) is 17.2. The van der Waals surface area contributed by atoms with Crippen molar-refractivity contribution in [2.45, 2.75) is 58.3 Å². The van der Waals surface area contributed by atoms with Crippen LogP contribution in [-0.2, 0) is 22.6 Å². The lowest BCUT2D eigenvalue weighted by Crippen LogP contribution is -2.56. The highest BCUT2D eigenvalue weighted by molar-refractivity contribution is 5.90. The van der Waals surface area contributed by atoms with Crippen LogP contribution < -0.4 is 15.4 Å². The van der Waals surface area contributed by atoms with Crippen LogP contribution in [0.25, 0.3) is 0 Å². The number of aliphatic hydroxyl groups excluding tert-OH is 1. The van der Waals surface area contributed by atoms with Gasteiger partial charge in [0.1, 0.15) is 18.5 Å². The molecule has 1 aliphatic heterocycles. The van der Waals surface area contributed by atoms with Crippen molar-refractivity contribution in [1.82, 2.24) is 10.2 Å². The standard InChI is InChI=1S/C25H33N3O4/c1-17(29)26-21-11-7-8-12-23(21)32-16-20(30)15-28-14-19-10-6-5-9-18(19)13-22(28)24(31)27-25(2,3)4/h5-12,20,22,30H,13-16H2,1-4H3,(H,26,29)(H,27,31)/t20?,22-/m0/s1. The van der Waals surface area contributed by atoms with E-state index in [1.807, 2.05) is 43.9 Å². The van der Waals surface area contributed by atoms with Gasteiger partial charge in [0.15, 0.2) is 0 Å². The summed E-state index contributed by atoms with van der Waals surface area (Å²) < 4.78 is 5.80. The zero-order valence-corrected chi connectivity index (χ0v) is 19.2. The summed E-state index contributed by atoms with van der Waals surface area (Å²) in [6, 6.07) is 14.8. The molecule has 0 bridgehead atoms. The quantitative estimate of drug-likeness (QED) is 0.617. The zero-order valence-electron chi connectivity index (χ0n) is 19.2. The summed E-state index contributed by atoms with van der Waals surface area (Å²) in [6.45, 7) is 8.23. The first-order valence-corrected chi connectivity index (χ1v) is 10.9. The molecule has 1 aliphatic rings. The van der Waals surface area contributed by atoms with Crippen LogP contribution in [0.1, 0.15) is 38.8 Å². The van der Waals surface area contributed by atoms with Crippen LogP contribution in [0.2, 0.25) is 0 Å². The van der Waals surface area contributed by atoms with Crippen molar-refractivity contribution >= 4 is 17.5 Å². The zero-order chi connectivity index (χ0) is 23.3. The number of hydrogen-bond acceptors (Lipinski definition) is 5. The molecule has 0 fully saturated rings. The number of nitrogens with one attached hydrogen (secondary N) is 2. The van der Waals surface area contributed by atoms with E-state index in [0.29, 0.717) is 30.9 Å². The molecule has 172 valence electrons. The smallest absolute Gasteiger partial charge is 0.238 e. The number of hydrogen-bond donors (Lipinski definition) is 3. The minimum absolute atomic E-state index is 0.0440. The molecule has 0 aromatic heterocycles. The molecule has 32 heavy (non-hydrogen) atoms. The fourth-order valence-electron chi connectivity index (χ4n) is 3.88. The first-order valence-electron chi connectivity index (χ1n) is 10.9. The van der Waals surface area contributed by atoms with Crippen molar-refractivity contribution in [2.24, 2.45) is 0 Å². The molecule has 1 unspecified atom stereocenters. The maximum atomic E-state index is 13.0. The van der Waals surface area contributed by atoms with E-state index in [-0.39, 0.29) is 30.0 Å². The Balaban J connectivity index is 1.69. The van der Waals surface area contributed by atoms with Gasteiger partial charge in [-0.3, -0.25) is 14.5 Å². The van der Waals surface area contributed by atoms with Crippen molar-refractivity contribution in [1.29, 1.82) is 0 Å². The second-order valence-electron chi connectivity index (χ2n) is 9.30. The number of carbonyl (C=O) groups excluding carboxylic acids is 2. The third-order valence-electron chi connectivity index (χ3n) is 5.22. The molecule has 1 heterocycles. The number of aliphatic hydroxyl groups is 1. The molecule has 0 radical (unpaired) electrons. The Morgan fingerprint density at radius 1 is 1.12 bits per heavy atom. The molecule has 3 rings (SSSR count). The molecule has 2 amide bonds. The summed E-state index contributed by atoms with van der Waals surface area (Å²) >= 11 is 0. The topological polar surface area (TPSA) is 90.9 Å². The van der Waals surface area contributed by atoms with E-state index in [4.69, 9.17) is 4.74 Å². The molecule has 0 saturated heterocycles. The molecule has 7 nitrogen and oxygen atoms in total. The molecular formula is C25H33N3O4. The van der Waals surface area contributed by atoms with E-state index in [2.05, 4.69) is 22.8 Å². The number of para-hydroxylation sites is 2. The van der Waals surface area contributed by atoms with Crippen LogP contribution >= 0.6 is 0 Å². The summed E-state index contributed by atoms with van der Waals surface area (Å²) in [7, 11) is 0. The van der Waals surface area contributed by atoms with E-state index in [0.717, 1.165) is 11.1 Å². The van der Waals surface area contributed by atoms with Crippen LogP contribution in [-0.4, -0.2) is 52.7 Å². The number of rotatable bonds is 7. The number of β-amino-alcohol motifs (C(OH)–C–C–N with tert-alkyl or cyclic N) is 1. The average molecular weight is 440 g/mol. The van der Waals surface area contributed by atoms with Gasteiger partial charge in [0, 0.05) is 25.6 Å². The predicted octanol–water partition coefficient (Wildman–Crippen LogP) is 2.73. The number of amides is 2. The van der Waals surface area contributed by atoms with Gasteiger partial charge in [-0.25, -0.2) is 0 Å². The number of carbonyl (C=O) groups is 2. The summed E-state index contributed by atoms with van der Waals surface area (Å²) in [5, 5.41) is 16.5. The Labute approximate surface area is 189 Å². The third kappa shape index (κ3) is 6.55. The van der Waals surface area contributed by atoms with Gasteiger partial charge < -0.3 is 20.5 Å². The molecule has 3 N–H and O–H groups in total. The molecule has 2 atom stereocenters. The highest BCUT2D eigenvalue weighted by Gasteiger charge is 2.34. The van der Waals surface area contributed by atoms with Crippen molar-refractivity contribution in [3.05, 3.63) is 59.7 Å². The van der Waals surface area contributed by atoms with Gasteiger partial charge in [-0.05, 0) is 50.5 Å². The van der Waals surface area contributed by atoms with Crippen LogP contribution in [0.4, 0.5) is 5.69 Å². The third-order valence-corrected chi connectivity index (χ3v) is 5.22. The number of anilines is 1. The minimum atomic E-state index is -0.810. The first kappa shape index (κ1) is 23.8. The first-order chi connectivity index (χ1) is 15.1. The summed E-state index contributed by atoms with van der Waals surface area (Å²) in [4.78, 5) is 26.5. The molecule has 0 aliphatic carbocycles. The van der Waals surface area contributed by atoms with E-state index in [1.54, 1.807) is 18.2 Å². The SMILES string of the molecule is CC(=O)Nc1ccccc1OCC(O)CN1Cc2ccccc2C[C@H]1C(=O)NC(C)(C)C. The maximum Gasteiger partial charge on any atom is 0.238 e. The van der Waals surface area contributed by atoms with E-state index in [9.17, 15) is 14.7 Å². The Morgan fingerprint density at radius 3 is 2.47 bits per heavy atom. The number of benzene rings is 2. The Morgan fingerprint density at radius 2 is 1.78 bits per heavy atom. The Bertz CT molecular complexity index is 954. The van der Waals surface area contributed by atoms with Gasteiger partial charge >= 0.3 is 0 Å². The lowest BCUT2D eigenvalue weighted by Gasteiger charge is -2.38. The van der Waals surface area contributed by atoms with Crippen LogP contribution in [0.5, 0.6) is 5.75 Å². The van der Waals surface area contributed by atoms with Gasteiger partial charge in [-0.15, -0.1) is 0 Å². The molecule has 0 saturated carbocycles. The van der Waals surface area contributed by atoms with Crippen molar-refractivity contribution in [2.75, 3.05) is 18.5 Å². The number of nitrogens with zero attached hydrogens (tertiary/aromatic N) is 1. The van der Waals surface area contributed by atoms with Gasteiger partial charge in [0.2, 0.25) is 11.8 Å². The van der Waals surface area contributed by atoms with E-state index < -0.39 is 6.10 Å². The molecule has 0 spiro atoms. The Kier molecular flexibility index (Phi) is 7.53. The van der Waals surface area contributed by atoms with Crippen LogP contribution in [0.15, 0.2) is 48.5 Å². The second-order valence-corrected chi connectivity index (χ2v) is 9.30. The maximum absolute atomic E-state index is 13.0. The van der Waals surface area contributed by atoms with Crippen molar-refractivity contribution in [3.63, 3.8) is 0 Å². The molecule has 2 aromatic rings. The molecule has 2 aromatic carbocycles. The minimum Gasteiger partial charge on any atom is -0.489 e. The molecule has 7 heteroatoms. The lowest BCUT2D eigenvalue weighted by molar-refractivity contribution is -0.129. The van der Waals surface area contributed by atoms with E-state index >= 15 is 0 Å². The monoisotopic (exact) mass is 439 g/mol. The average Bonchev–Trinajstić information content (AvgIpc) is 2.71. The van der Waals surface area contributed by atoms with Gasteiger partial charge in [0.05, 0.1) is 11.7 Å². The molecular weight excluding hydrogens is 406 g/mol. The summed E-state index contributed by atoms with van der Waals surface area (Å²) in [5.74, 6) is 0.255. The Hall–Kier alpha value is -2.90. The number of fused-ring (bicyclic) bond motifs is 1. The fourth-order valence-corrected chi connectivity index (χ4v) is 3.88. The van der Waals surface area contributed by atoms with Crippen molar-refractivity contribution < 1.29 is 19.4 Å². The number of ether oxygens (including phenoxy) is 1. The highest BCUT2D eigenvalue weighted by Crippen LogP contribution is 2.26. The predicted molar refractivity (Wildman–Crippen MR) is 124 cm³/mol. The van der Waals surface area contributed by atoms with Crippen LogP contribution in [0, 0.1) is 0 Å².